The van der Waals surface area contributed by atoms with Crippen molar-refractivity contribution in [3.63, 3.8) is 0 Å². The predicted octanol–water partition coefficient (Wildman–Crippen LogP) is 3.40. The maximum absolute atomic E-state index is 13.1. The maximum atomic E-state index is 13.1. The number of carbonyl (C=O) groups excluding carboxylic acids is 1. The van der Waals surface area contributed by atoms with E-state index < -0.39 is 5.82 Å². The molecule has 3 rings (SSSR count). The number of nitrogens with zero attached hydrogens (tertiary/aromatic N) is 3. The van der Waals surface area contributed by atoms with Gasteiger partial charge in [0.1, 0.15) is 11.5 Å². The highest BCUT2D eigenvalue weighted by Gasteiger charge is 2.19. The van der Waals surface area contributed by atoms with Gasteiger partial charge in [0.2, 0.25) is 5.78 Å². The Morgan fingerprint density at radius 3 is 2.62 bits per heavy atom. The molecule has 0 N–H and O–H groups in total. The first-order valence-corrected chi connectivity index (χ1v) is 6.92. The number of aromatic nitrogens is 3. The molecule has 0 aliphatic heterocycles. The zero-order valence-electron chi connectivity index (χ0n) is 10.7. The molecule has 6 heteroatoms. The third-order valence-corrected chi connectivity index (χ3v) is 3.61. The largest absolute Gasteiger partial charge is 0.287 e. The Morgan fingerprint density at radius 1 is 1.14 bits per heavy atom. The van der Waals surface area contributed by atoms with Crippen LogP contribution in [-0.4, -0.2) is 20.8 Å². The van der Waals surface area contributed by atoms with E-state index >= 15 is 0 Å². The summed E-state index contributed by atoms with van der Waals surface area (Å²) in [5.41, 5.74) is 1.40. The lowest BCUT2D eigenvalue weighted by atomic mass is 10.1. The van der Waals surface area contributed by atoms with Crippen molar-refractivity contribution in [3.8, 4) is 5.69 Å². The van der Waals surface area contributed by atoms with Gasteiger partial charge in [0.05, 0.1) is 11.9 Å². The van der Waals surface area contributed by atoms with E-state index in [1.807, 2.05) is 30.3 Å². The number of hydrogen-bond donors (Lipinski definition) is 0. The van der Waals surface area contributed by atoms with Gasteiger partial charge in [0, 0.05) is 10.0 Å². The molecule has 0 aliphatic carbocycles. The molecule has 1 heterocycles. The van der Waals surface area contributed by atoms with Crippen molar-refractivity contribution >= 4 is 21.7 Å². The van der Waals surface area contributed by atoms with Crippen LogP contribution >= 0.6 is 15.9 Å². The van der Waals surface area contributed by atoms with Crippen molar-refractivity contribution in [3.05, 3.63) is 76.3 Å². The maximum Gasteiger partial charge on any atom is 0.214 e. The molecule has 0 aliphatic rings. The first-order valence-electron chi connectivity index (χ1n) is 6.12. The topological polar surface area (TPSA) is 47.8 Å². The summed E-state index contributed by atoms with van der Waals surface area (Å²) in [6.45, 7) is 0. The van der Waals surface area contributed by atoms with Crippen LogP contribution < -0.4 is 0 Å². The highest BCUT2D eigenvalue weighted by Crippen LogP contribution is 2.22. The van der Waals surface area contributed by atoms with Crippen LogP contribution in [0.25, 0.3) is 5.69 Å². The normalized spacial score (nSPS) is 10.6. The number of para-hydroxylation sites is 1. The van der Waals surface area contributed by atoms with E-state index in [1.165, 1.54) is 29.1 Å². The molecule has 0 saturated carbocycles. The Kier molecular flexibility index (Phi) is 3.62. The number of halogens is 2. The van der Waals surface area contributed by atoms with E-state index in [0.717, 1.165) is 5.69 Å². The number of ketones is 1. The predicted molar refractivity (Wildman–Crippen MR) is 78.9 cm³/mol. The second-order valence-corrected chi connectivity index (χ2v) is 5.17. The average molecular weight is 346 g/mol. The molecular formula is C15H9BrFN3O. The number of carbonyl (C=O) groups is 1. The average Bonchev–Trinajstić information content (AvgIpc) is 2.97. The number of benzene rings is 2. The summed E-state index contributed by atoms with van der Waals surface area (Å²) >= 11 is 3.20. The zero-order valence-corrected chi connectivity index (χ0v) is 12.3. The van der Waals surface area contributed by atoms with E-state index in [2.05, 4.69) is 26.2 Å². The van der Waals surface area contributed by atoms with Crippen LogP contribution in [0.3, 0.4) is 0 Å². The number of rotatable bonds is 3. The molecule has 0 amide bonds. The highest BCUT2D eigenvalue weighted by atomic mass is 79.9. The van der Waals surface area contributed by atoms with Crippen molar-refractivity contribution in [2.75, 3.05) is 0 Å². The Hall–Kier alpha value is -2.34. The summed E-state index contributed by atoms with van der Waals surface area (Å²) in [6, 6.07) is 13.1. The lowest BCUT2D eigenvalue weighted by Crippen LogP contribution is -2.10. The molecule has 104 valence electrons. The fourth-order valence-corrected chi connectivity index (χ4v) is 2.49. The van der Waals surface area contributed by atoms with Crippen LogP contribution in [0.4, 0.5) is 4.39 Å². The van der Waals surface area contributed by atoms with Crippen LogP contribution in [-0.2, 0) is 0 Å². The Morgan fingerprint density at radius 2 is 1.90 bits per heavy atom. The van der Waals surface area contributed by atoms with Gasteiger partial charge in [-0.05, 0) is 46.3 Å². The van der Waals surface area contributed by atoms with Crippen LogP contribution in [0.15, 0.2) is 59.2 Å². The summed E-state index contributed by atoms with van der Waals surface area (Å²) in [4.78, 5) is 12.6. The SMILES string of the molecule is O=C(c1ccc(F)cc1Br)c1cnnn1-c1ccccc1. The minimum atomic E-state index is -0.409. The van der Waals surface area contributed by atoms with Crippen molar-refractivity contribution in [1.82, 2.24) is 15.0 Å². The van der Waals surface area contributed by atoms with Crippen molar-refractivity contribution in [1.29, 1.82) is 0 Å². The molecule has 21 heavy (non-hydrogen) atoms. The van der Waals surface area contributed by atoms with Gasteiger partial charge in [-0.2, -0.15) is 0 Å². The van der Waals surface area contributed by atoms with E-state index in [1.54, 1.807) is 0 Å². The molecule has 4 nitrogen and oxygen atoms in total. The van der Waals surface area contributed by atoms with Crippen LogP contribution in [0.2, 0.25) is 0 Å². The fraction of sp³-hybridized carbons (Fsp3) is 0. The Labute approximate surface area is 128 Å². The summed E-state index contributed by atoms with van der Waals surface area (Å²) in [5, 5.41) is 7.73. The van der Waals surface area contributed by atoms with Gasteiger partial charge in [-0.25, -0.2) is 9.07 Å². The Bertz CT molecular complexity index is 802. The van der Waals surface area contributed by atoms with Crippen molar-refractivity contribution in [2.24, 2.45) is 0 Å². The molecule has 1 aromatic heterocycles. The van der Waals surface area contributed by atoms with Crippen LogP contribution in [0, 0.1) is 5.82 Å². The molecule has 0 unspecified atom stereocenters. The zero-order chi connectivity index (χ0) is 14.8. The van der Waals surface area contributed by atoms with Crippen molar-refractivity contribution < 1.29 is 9.18 Å². The third-order valence-electron chi connectivity index (χ3n) is 2.96. The van der Waals surface area contributed by atoms with Crippen LogP contribution in [0.5, 0.6) is 0 Å². The van der Waals surface area contributed by atoms with Gasteiger partial charge in [-0.3, -0.25) is 4.79 Å². The van der Waals surface area contributed by atoms with E-state index in [-0.39, 0.29) is 5.78 Å². The lowest BCUT2D eigenvalue weighted by molar-refractivity contribution is 0.103. The van der Waals surface area contributed by atoms with Gasteiger partial charge >= 0.3 is 0 Å². The van der Waals surface area contributed by atoms with E-state index in [0.29, 0.717) is 15.7 Å². The van der Waals surface area contributed by atoms with E-state index in [9.17, 15) is 9.18 Å². The summed E-state index contributed by atoms with van der Waals surface area (Å²) in [5.74, 6) is -0.691. The first kappa shape index (κ1) is 13.6. The smallest absolute Gasteiger partial charge is 0.214 e. The summed E-state index contributed by atoms with van der Waals surface area (Å²) in [7, 11) is 0. The molecule has 0 fully saturated rings. The van der Waals surface area contributed by atoms with Gasteiger partial charge in [-0.1, -0.05) is 23.4 Å². The molecule has 0 radical (unpaired) electrons. The standard InChI is InChI=1S/C15H9BrFN3O/c16-13-8-10(17)6-7-12(13)15(21)14-9-18-19-20(14)11-4-2-1-3-5-11/h1-9H. The van der Waals surface area contributed by atoms with Gasteiger partial charge in [0.15, 0.2) is 0 Å². The molecular weight excluding hydrogens is 337 g/mol. The monoisotopic (exact) mass is 345 g/mol. The van der Waals surface area contributed by atoms with Gasteiger partial charge in [0.25, 0.3) is 0 Å². The Balaban J connectivity index is 2.06. The third kappa shape index (κ3) is 2.62. The summed E-state index contributed by atoms with van der Waals surface area (Å²) in [6.07, 6.45) is 1.39. The highest BCUT2D eigenvalue weighted by molar-refractivity contribution is 9.10. The van der Waals surface area contributed by atoms with E-state index in [4.69, 9.17) is 0 Å². The molecule has 0 saturated heterocycles. The lowest BCUT2D eigenvalue weighted by Gasteiger charge is -2.06. The molecule has 0 bridgehead atoms. The molecule has 0 atom stereocenters. The molecule has 3 aromatic rings. The number of hydrogen-bond acceptors (Lipinski definition) is 3. The quantitative estimate of drug-likeness (QED) is 0.683. The first-order chi connectivity index (χ1) is 10.2. The van der Waals surface area contributed by atoms with Crippen molar-refractivity contribution in [2.45, 2.75) is 0 Å². The second-order valence-electron chi connectivity index (χ2n) is 4.32. The molecule has 2 aromatic carbocycles. The summed E-state index contributed by atoms with van der Waals surface area (Å²) < 4.78 is 15.0. The molecule has 0 spiro atoms. The fourth-order valence-electron chi connectivity index (χ4n) is 1.96. The van der Waals surface area contributed by atoms with Gasteiger partial charge in [-0.15, -0.1) is 5.10 Å². The van der Waals surface area contributed by atoms with Gasteiger partial charge < -0.3 is 0 Å². The minimum Gasteiger partial charge on any atom is -0.287 e. The minimum absolute atomic E-state index is 0.282. The van der Waals surface area contributed by atoms with Crippen LogP contribution in [0.1, 0.15) is 16.1 Å². The second kappa shape index (κ2) is 5.57.